The van der Waals surface area contributed by atoms with Crippen molar-refractivity contribution < 1.29 is 28.8 Å². The van der Waals surface area contributed by atoms with Crippen LogP contribution in [0.1, 0.15) is 30.3 Å². The molecule has 0 spiro atoms. The minimum atomic E-state index is -0.915. The van der Waals surface area contributed by atoms with Gasteiger partial charge in [-0.05, 0) is 18.4 Å². The van der Waals surface area contributed by atoms with Gasteiger partial charge in [-0.3, -0.25) is 0 Å². The second-order valence-electron chi connectivity index (χ2n) is 7.77. The van der Waals surface area contributed by atoms with Gasteiger partial charge >= 0.3 is 0 Å². The van der Waals surface area contributed by atoms with Crippen molar-refractivity contribution in [2.24, 2.45) is 0 Å². The van der Waals surface area contributed by atoms with Crippen molar-refractivity contribution in [2.75, 3.05) is 13.2 Å². The molecule has 2 heterocycles. The quantitative estimate of drug-likeness (QED) is 0.487. The molecule has 166 valence electrons. The maximum absolute atomic E-state index is 11.2. The first-order valence-corrected chi connectivity index (χ1v) is 10.8. The highest BCUT2D eigenvalue weighted by Crippen LogP contribution is 2.35. The predicted octanol–water partition coefficient (Wildman–Crippen LogP) is 3.75. The van der Waals surface area contributed by atoms with Crippen molar-refractivity contribution in [3.8, 4) is 0 Å². The molecule has 2 aliphatic rings. The molecule has 4 rings (SSSR count). The second kappa shape index (κ2) is 11.0. The average molecular weight is 427 g/mol. The summed E-state index contributed by atoms with van der Waals surface area (Å²) in [6.07, 6.45) is -0.341. The molecule has 2 fully saturated rings. The lowest BCUT2D eigenvalue weighted by Gasteiger charge is -2.47. The first-order valence-electron chi connectivity index (χ1n) is 10.8. The average Bonchev–Trinajstić information content (AvgIpc) is 2.82. The monoisotopic (exact) mass is 426 g/mol. The fourth-order valence-corrected chi connectivity index (χ4v) is 3.85. The number of benzene rings is 2. The van der Waals surface area contributed by atoms with Crippen molar-refractivity contribution in [1.29, 1.82) is 0 Å². The maximum Gasteiger partial charge on any atom is 0.186 e. The number of fused-ring (bicyclic) bond motifs is 1. The van der Waals surface area contributed by atoms with Gasteiger partial charge in [0.15, 0.2) is 12.6 Å². The van der Waals surface area contributed by atoms with Gasteiger partial charge in [-0.1, -0.05) is 66.7 Å². The summed E-state index contributed by atoms with van der Waals surface area (Å²) in [6, 6.07) is 19.5. The van der Waals surface area contributed by atoms with E-state index in [1.54, 1.807) is 0 Å². The van der Waals surface area contributed by atoms with Gasteiger partial charge in [0.05, 0.1) is 19.8 Å². The summed E-state index contributed by atoms with van der Waals surface area (Å²) in [5.74, 6) is 0. The third-order valence-corrected chi connectivity index (χ3v) is 5.50. The van der Waals surface area contributed by atoms with E-state index in [0.717, 1.165) is 24.0 Å². The molecule has 0 aliphatic carbocycles. The van der Waals surface area contributed by atoms with Crippen molar-refractivity contribution in [1.82, 2.24) is 0 Å². The number of ether oxygens (including phenoxy) is 5. The molecule has 0 radical (unpaired) electrons. The van der Waals surface area contributed by atoms with Crippen LogP contribution in [-0.4, -0.2) is 49.0 Å². The number of aliphatic hydroxyl groups is 1. The summed E-state index contributed by atoms with van der Waals surface area (Å²) in [5, 5.41) is 11.2. The summed E-state index contributed by atoms with van der Waals surface area (Å²) in [4.78, 5) is 0. The van der Waals surface area contributed by atoms with Crippen LogP contribution in [0, 0.1) is 0 Å². The van der Waals surface area contributed by atoms with E-state index in [0.29, 0.717) is 19.8 Å². The highest BCUT2D eigenvalue weighted by atomic mass is 16.8. The Bertz CT molecular complexity index is 798. The Kier molecular flexibility index (Phi) is 7.86. The molecule has 0 aromatic heterocycles. The number of rotatable bonds is 9. The van der Waals surface area contributed by atoms with Gasteiger partial charge in [-0.15, -0.1) is 6.58 Å². The largest absolute Gasteiger partial charge is 0.387 e. The van der Waals surface area contributed by atoms with Gasteiger partial charge in [0.1, 0.15) is 24.4 Å². The Balaban J connectivity index is 1.45. The molecule has 6 heteroatoms. The summed E-state index contributed by atoms with van der Waals surface area (Å²) in [6.45, 7) is 4.87. The van der Waals surface area contributed by atoms with Gasteiger partial charge in [-0.25, -0.2) is 0 Å². The normalized spacial score (nSPS) is 30.5. The molecule has 1 N–H and O–H groups in total. The first kappa shape index (κ1) is 22.1. The molecule has 0 saturated carbocycles. The van der Waals surface area contributed by atoms with Gasteiger partial charge in [0, 0.05) is 5.56 Å². The van der Waals surface area contributed by atoms with Crippen molar-refractivity contribution in [3.05, 3.63) is 84.4 Å². The molecule has 6 atom stereocenters. The zero-order valence-electron chi connectivity index (χ0n) is 17.5. The molecular weight excluding hydrogens is 396 g/mol. The minimum absolute atomic E-state index is 0.305. The molecular formula is C25H30O6. The Hall–Kier alpha value is -2.06. The van der Waals surface area contributed by atoms with Crippen LogP contribution in [0.3, 0.4) is 0 Å². The Morgan fingerprint density at radius 1 is 1.00 bits per heavy atom. The van der Waals surface area contributed by atoms with Crippen molar-refractivity contribution in [2.45, 2.75) is 56.4 Å². The van der Waals surface area contributed by atoms with Gasteiger partial charge < -0.3 is 28.8 Å². The van der Waals surface area contributed by atoms with Crippen LogP contribution >= 0.6 is 0 Å². The van der Waals surface area contributed by atoms with E-state index < -0.39 is 37.0 Å². The third-order valence-electron chi connectivity index (χ3n) is 5.50. The van der Waals surface area contributed by atoms with Crippen LogP contribution in [0.25, 0.3) is 0 Å². The Morgan fingerprint density at radius 3 is 2.48 bits per heavy atom. The van der Waals surface area contributed by atoms with Gasteiger partial charge in [0.2, 0.25) is 0 Å². The van der Waals surface area contributed by atoms with Crippen LogP contribution in [0.2, 0.25) is 0 Å². The summed E-state index contributed by atoms with van der Waals surface area (Å²) in [7, 11) is 0. The van der Waals surface area contributed by atoms with E-state index in [2.05, 4.69) is 6.58 Å². The van der Waals surface area contributed by atoms with Crippen molar-refractivity contribution >= 4 is 0 Å². The highest BCUT2D eigenvalue weighted by molar-refractivity contribution is 5.17. The van der Waals surface area contributed by atoms with E-state index in [4.69, 9.17) is 23.7 Å². The van der Waals surface area contributed by atoms with E-state index >= 15 is 0 Å². The third kappa shape index (κ3) is 5.60. The first-order chi connectivity index (χ1) is 15.3. The highest BCUT2D eigenvalue weighted by Gasteiger charge is 2.50. The molecule has 2 aliphatic heterocycles. The lowest BCUT2D eigenvalue weighted by molar-refractivity contribution is -0.367. The lowest BCUT2D eigenvalue weighted by Crippen LogP contribution is -2.62. The summed E-state index contributed by atoms with van der Waals surface area (Å²) >= 11 is 0. The number of hydrogen-bond donors (Lipinski definition) is 1. The van der Waals surface area contributed by atoms with Crippen LogP contribution in [0.4, 0.5) is 0 Å². The molecule has 2 saturated heterocycles. The zero-order valence-corrected chi connectivity index (χ0v) is 17.5. The minimum Gasteiger partial charge on any atom is -0.387 e. The standard InChI is InChI=1S/C25H30O6/c1-2-3-10-15-27-25-23(28-16-18-11-6-4-7-12-18)21(26)22-20(30-25)17-29-24(31-22)19-13-8-5-9-14-19/h2,4-9,11-14,20-26H,1,3,10,15-17H2/t20-,21+,22-,23-,24-,25-/m1/s1. The fourth-order valence-electron chi connectivity index (χ4n) is 3.85. The van der Waals surface area contributed by atoms with E-state index in [-0.39, 0.29) is 0 Å². The zero-order chi connectivity index (χ0) is 21.5. The SMILES string of the molecule is C=CCCCO[C@@H]1O[C@@H]2CO[C@@H](c3ccccc3)O[C@H]2[C@H](O)[C@H]1OCc1ccccc1. The molecule has 2 aromatic rings. The Labute approximate surface area is 183 Å². The van der Waals surface area contributed by atoms with Crippen LogP contribution in [0.15, 0.2) is 73.3 Å². The topological polar surface area (TPSA) is 66.4 Å². The Morgan fingerprint density at radius 2 is 1.74 bits per heavy atom. The van der Waals surface area contributed by atoms with E-state index in [9.17, 15) is 5.11 Å². The maximum atomic E-state index is 11.2. The fraction of sp³-hybridized carbons (Fsp3) is 0.440. The van der Waals surface area contributed by atoms with Crippen LogP contribution in [0.5, 0.6) is 0 Å². The van der Waals surface area contributed by atoms with E-state index in [1.807, 2.05) is 66.7 Å². The molecule has 0 unspecified atom stereocenters. The second-order valence-corrected chi connectivity index (χ2v) is 7.77. The lowest BCUT2D eigenvalue weighted by atomic mass is 9.97. The van der Waals surface area contributed by atoms with E-state index in [1.165, 1.54) is 0 Å². The molecule has 6 nitrogen and oxygen atoms in total. The summed E-state index contributed by atoms with van der Waals surface area (Å²) < 4.78 is 30.2. The number of aliphatic hydroxyl groups excluding tert-OH is 1. The molecule has 2 aromatic carbocycles. The molecule has 0 bridgehead atoms. The molecule has 31 heavy (non-hydrogen) atoms. The number of allylic oxidation sites excluding steroid dienone is 1. The smallest absolute Gasteiger partial charge is 0.186 e. The molecule has 0 amide bonds. The van der Waals surface area contributed by atoms with Crippen LogP contribution < -0.4 is 0 Å². The van der Waals surface area contributed by atoms with Crippen molar-refractivity contribution in [3.63, 3.8) is 0 Å². The number of hydrogen-bond acceptors (Lipinski definition) is 6. The van der Waals surface area contributed by atoms with Gasteiger partial charge in [0.25, 0.3) is 0 Å². The van der Waals surface area contributed by atoms with Gasteiger partial charge in [-0.2, -0.15) is 0 Å². The summed E-state index contributed by atoms with van der Waals surface area (Å²) in [5.41, 5.74) is 1.91. The number of unbranched alkanes of at least 4 members (excludes halogenated alkanes) is 1. The van der Waals surface area contributed by atoms with Crippen LogP contribution in [-0.2, 0) is 30.3 Å². The predicted molar refractivity (Wildman–Crippen MR) is 115 cm³/mol.